The lowest BCUT2D eigenvalue weighted by Crippen LogP contribution is -1.98. The van der Waals surface area contributed by atoms with Crippen LogP contribution < -0.4 is 0 Å². The van der Waals surface area contributed by atoms with Gasteiger partial charge in [-0.1, -0.05) is 103 Å². The molecule has 0 amide bonds. The zero-order valence-corrected chi connectivity index (χ0v) is 20.5. The Kier molecular flexibility index (Phi) is 4.52. The molecule has 0 N–H and O–H groups in total. The van der Waals surface area contributed by atoms with Crippen molar-refractivity contribution in [1.29, 1.82) is 0 Å². The van der Waals surface area contributed by atoms with Crippen LogP contribution in [-0.2, 0) is 0 Å². The Morgan fingerprint density at radius 2 is 1.08 bits per heavy atom. The van der Waals surface area contributed by atoms with E-state index in [4.69, 9.17) is 9.40 Å². The number of aromatic nitrogens is 2. The van der Waals surface area contributed by atoms with Crippen molar-refractivity contribution < 1.29 is 4.42 Å². The molecule has 0 fully saturated rings. The van der Waals surface area contributed by atoms with Crippen LogP contribution in [-0.4, -0.2) is 9.55 Å². The molecule has 0 aliphatic rings. The van der Waals surface area contributed by atoms with Gasteiger partial charge in [-0.25, -0.2) is 4.98 Å². The van der Waals surface area contributed by atoms with Gasteiger partial charge in [-0.2, -0.15) is 0 Å². The topological polar surface area (TPSA) is 31.0 Å². The molecule has 0 atom stereocenters. The summed E-state index contributed by atoms with van der Waals surface area (Å²) in [5.74, 6) is 0. The van der Waals surface area contributed by atoms with Gasteiger partial charge in [0.15, 0.2) is 5.58 Å². The van der Waals surface area contributed by atoms with Crippen LogP contribution in [0.5, 0.6) is 0 Å². The molecule has 0 radical (unpaired) electrons. The quantitative estimate of drug-likeness (QED) is 0.249. The molecule has 0 unspecified atom stereocenters. The van der Waals surface area contributed by atoms with E-state index < -0.39 is 0 Å². The smallest absolute Gasteiger partial charge is 0.160 e. The van der Waals surface area contributed by atoms with E-state index in [0.717, 1.165) is 61.2 Å². The molecule has 3 nitrogen and oxygen atoms in total. The maximum atomic E-state index is 6.55. The summed E-state index contributed by atoms with van der Waals surface area (Å²) in [5.41, 5.74) is 9.10. The monoisotopic (exact) mass is 486 g/mol. The van der Waals surface area contributed by atoms with Crippen LogP contribution in [0.4, 0.5) is 0 Å². The van der Waals surface area contributed by atoms with E-state index in [1.54, 1.807) is 0 Å². The van der Waals surface area contributed by atoms with E-state index >= 15 is 0 Å². The third-order valence-electron chi connectivity index (χ3n) is 7.39. The summed E-state index contributed by atoms with van der Waals surface area (Å²) in [7, 11) is 0. The van der Waals surface area contributed by atoms with Crippen molar-refractivity contribution >= 4 is 43.7 Å². The molecule has 0 aliphatic heterocycles. The number of hydrogen-bond acceptors (Lipinski definition) is 2. The minimum Gasteiger partial charge on any atom is -0.454 e. The lowest BCUT2D eigenvalue weighted by atomic mass is 10.1. The Hall–Kier alpha value is -5.15. The average Bonchev–Trinajstić information content (AvgIpc) is 3.54. The molecule has 3 heterocycles. The Labute approximate surface area is 219 Å². The molecule has 38 heavy (non-hydrogen) atoms. The van der Waals surface area contributed by atoms with Crippen molar-refractivity contribution in [1.82, 2.24) is 9.55 Å². The highest BCUT2D eigenvalue weighted by atomic mass is 16.3. The minimum absolute atomic E-state index is 0.900. The summed E-state index contributed by atoms with van der Waals surface area (Å²) in [6.45, 7) is 0. The van der Waals surface area contributed by atoms with Crippen molar-refractivity contribution in [2.24, 2.45) is 0 Å². The van der Waals surface area contributed by atoms with Gasteiger partial charge in [0.1, 0.15) is 5.58 Å². The van der Waals surface area contributed by atoms with Crippen LogP contribution in [0.25, 0.3) is 71.9 Å². The SMILES string of the molecule is c1ccc(-c2cc(-n3c4ccccc4c4ccc5c6ccccc6oc5c43)cc(-c3ccccc3)n2)cc1. The molecule has 8 rings (SSSR count). The van der Waals surface area contributed by atoms with Crippen molar-refractivity contribution in [2.75, 3.05) is 0 Å². The second kappa shape index (κ2) is 8.19. The van der Waals surface area contributed by atoms with Gasteiger partial charge >= 0.3 is 0 Å². The largest absolute Gasteiger partial charge is 0.454 e. The van der Waals surface area contributed by atoms with Gasteiger partial charge in [-0.05, 0) is 30.3 Å². The Morgan fingerprint density at radius 3 is 1.79 bits per heavy atom. The van der Waals surface area contributed by atoms with Crippen LogP contribution >= 0.6 is 0 Å². The van der Waals surface area contributed by atoms with Crippen LogP contribution in [0, 0.1) is 0 Å². The van der Waals surface area contributed by atoms with Crippen LogP contribution in [0.2, 0.25) is 0 Å². The maximum Gasteiger partial charge on any atom is 0.160 e. The Balaban J connectivity index is 1.53. The van der Waals surface area contributed by atoms with Gasteiger partial charge in [0, 0.05) is 32.7 Å². The van der Waals surface area contributed by atoms with Gasteiger partial charge in [0.2, 0.25) is 0 Å². The van der Waals surface area contributed by atoms with Crippen LogP contribution in [0.15, 0.2) is 138 Å². The molecule has 3 heteroatoms. The fourth-order valence-corrected chi connectivity index (χ4v) is 5.66. The first kappa shape index (κ1) is 21.0. The zero-order chi connectivity index (χ0) is 25.1. The summed E-state index contributed by atoms with van der Waals surface area (Å²) in [6.07, 6.45) is 0. The van der Waals surface area contributed by atoms with Gasteiger partial charge in [-0.3, -0.25) is 0 Å². The summed E-state index contributed by atoms with van der Waals surface area (Å²) in [5, 5.41) is 4.62. The van der Waals surface area contributed by atoms with Gasteiger partial charge in [-0.15, -0.1) is 0 Å². The third-order valence-corrected chi connectivity index (χ3v) is 7.39. The van der Waals surface area contributed by atoms with Crippen LogP contribution in [0.1, 0.15) is 0 Å². The number of rotatable bonds is 3. The molecule has 0 saturated heterocycles. The van der Waals surface area contributed by atoms with Crippen molar-refractivity contribution in [3.05, 3.63) is 133 Å². The summed E-state index contributed by atoms with van der Waals surface area (Å²) < 4.78 is 8.89. The van der Waals surface area contributed by atoms with Gasteiger partial charge in [0.25, 0.3) is 0 Å². The van der Waals surface area contributed by atoms with E-state index in [9.17, 15) is 0 Å². The molecule has 0 aliphatic carbocycles. The zero-order valence-electron chi connectivity index (χ0n) is 20.5. The Morgan fingerprint density at radius 1 is 0.500 bits per heavy atom. The highest BCUT2D eigenvalue weighted by molar-refractivity contribution is 6.21. The van der Waals surface area contributed by atoms with E-state index in [2.05, 4.69) is 114 Å². The van der Waals surface area contributed by atoms with Gasteiger partial charge in [0.05, 0.1) is 28.1 Å². The number of para-hydroxylation sites is 2. The fourth-order valence-electron chi connectivity index (χ4n) is 5.66. The van der Waals surface area contributed by atoms with Crippen molar-refractivity contribution in [2.45, 2.75) is 0 Å². The minimum atomic E-state index is 0.900. The predicted molar refractivity (Wildman–Crippen MR) is 157 cm³/mol. The van der Waals surface area contributed by atoms with E-state index in [0.29, 0.717) is 0 Å². The molecule has 178 valence electrons. The Bertz CT molecular complexity index is 2060. The lowest BCUT2D eigenvalue weighted by molar-refractivity contribution is 0.671. The van der Waals surface area contributed by atoms with Crippen molar-refractivity contribution in [3.63, 3.8) is 0 Å². The molecule has 0 spiro atoms. The number of nitrogens with zero attached hydrogens (tertiary/aromatic N) is 2. The highest BCUT2D eigenvalue weighted by Crippen LogP contribution is 2.41. The van der Waals surface area contributed by atoms with Gasteiger partial charge < -0.3 is 8.98 Å². The standard InChI is InChI=1S/C35H22N2O/c1-3-11-23(12-4-1)30-21-25(22-31(36-30)24-13-5-2-6-14-24)37-32-17-9-7-15-26(32)28-19-20-29-27-16-8-10-18-33(27)38-35(29)34(28)37/h1-22H. The number of benzene rings is 5. The number of hydrogen-bond donors (Lipinski definition) is 0. The first-order valence-electron chi connectivity index (χ1n) is 12.8. The normalized spacial score (nSPS) is 11.7. The molecule has 8 aromatic rings. The van der Waals surface area contributed by atoms with E-state index in [1.807, 2.05) is 24.3 Å². The first-order chi connectivity index (χ1) is 18.8. The second-order valence-corrected chi connectivity index (χ2v) is 9.62. The first-order valence-corrected chi connectivity index (χ1v) is 12.8. The fraction of sp³-hybridized carbons (Fsp3) is 0. The number of fused-ring (bicyclic) bond motifs is 7. The van der Waals surface area contributed by atoms with Crippen molar-refractivity contribution in [3.8, 4) is 28.2 Å². The molecular weight excluding hydrogens is 464 g/mol. The average molecular weight is 487 g/mol. The highest BCUT2D eigenvalue weighted by Gasteiger charge is 2.20. The molecular formula is C35H22N2O. The maximum absolute atomic E-state index is 6.55. The summed E-state index contributed by atoms with van der Waals surface area (Å²) >= 11 is 0. The lowest BCUT2D eigenvalue weighted by Gasteiger charge is -2.13. The number of furan rings is 1. The number of pyridine rings is 1. The van der Waals surface area contributed by atoms with E-state index in [1.165, 1.54) is 10.8 Å². The third kappa shape index (κ3) is 3.12. The van der Waals surface area contributed by atoms with Crippen LogP contribution in [0.3, 0.4) is 0 Å². The molecule has 3 aromatic heterocycles. The summed E-state index contributed by atoms with van der Waals surface area (Å²) in [4.78, 5) is 5.10. The summed E-state index contributed by atoms with van der Waals surface area (Å²) in [6, 6.07) is 46.4. The predicted octanol–water partition coefficient (Wildman–Crippen LogP) is 9.41. The second-order valence-electron chi connectivity index (χ2n) is 9.62. The molecule has 5 aromatic carbocycles. The van der Waals surface area contributed by atoms with E-state index in [-0.39, 0.29) is 0 Å². The molecule has 0 bridgehead atoms. The molecule has 0 saturated carbocycles.